The fourth-order valence-electron chi connectivity index (χ4n) is 3.34. The number of carbonyl (C=O) groups excluding carboxylic acids is 1. The molecule has 1 fully saturated rings. The molecule has 0 bridgehead atoms. The summed E-state index contributed by atoms with van der Waals surface area (Å²) in [4.78, 5) is 14.9. The summed E-state index contributed by atoms with van der Waals surface area (Å²) in [5.41, 5.74) is 2.07. The Morgan fingerprint density at radius 3 is 2.48 bits per heavy atom. The number of aromatic nitrogens is 2. The van der Waals surface area contributed by atoms with Gasteiger partial charge in [-0.25, -0.2) is 0 Å². The number of carbonyl (C=O) groups is 1. The van der Waals surface area contributed by atoms with Gasteiger partial charge in [0.05, 0.1) is 5.25 Å². The summed E-state index contributed by atoms with van der Waals surface area (Å²) in [6.07, 6.45) is 3.34. The molecule has 1 aliphatic rings. The van der Waals surface area contributed by atoms with E-state index in [1.54, 1.807) is 0 Å². The lowest BCUT2D eigenvalue weighted by atomic mass is 9.97. The SMILES string of the molecule is Cc1ccc(-c2nnc(S[C@@H](C)C(=O)N3[C@@H](C)CCC[C@@H]3C)o2)cc1. The highest BCUT2D eigenvalue weighted by atomic mass is 32.2. The van der Waals surface area contributed by atoms with Crippen molar-refractivity contribution in [3.05, 3.63) is 29.8 Å². The van der Waals surface area contributed by atoms with Gasteiger partial charge in [-0.3, -0.25) is 4.79 Å². The van der Waals surface area contributed by atoms with Gasteiger partial charge < -0.3 is 9.32 Å². The zero-order chi connectivity index (χ0) is 18.0. The van der Waals surface area contributed by atoms with Gasteiger partial charge >= 0.3 is 0 Å². The van der Waals surface area contributed by atoms with E-state index in [4.69, 9.17) is 4.42 Å². The van der Waals surface area contributed by atoms with E-state index in [0.29, 0.717) is 23.2 Å². The quantitative estimate of drug-likeness (QED) is 0.761. The molecule has 25 heavy (non-hydrogen) atoms. The van der Waals surface area contributed by atoms with Crippen LogP contribution in [0.15, 0.2) is 33.9 Å². The van der Waals surface area contributed by atoms with Gasteiger partial charge in [0, 0.05) is 17.6 Å². The number of thioether (sulfide) groups is 1. The molecule has 0 saturated carbocycles. The van der Waals surface area contributed by atoms with E-state index in [1.165, 1.54) is 23.7 Å². The molecule has 1 aromatic heterocycles. The summed E-state index contributed by atoms with van der Waals surface area (Å²) < 4.78 is 5.74. The number of aryl methyl sites for hydroxylation is 1. The molecule has 0 N–H and O–H groups in total. The maximum absolute atomic E-state index is 12.9. The molecular weight excluding hydrogens is 334 g/mol. The molecule has 5 nitrogen and oxygen atoms in total. The summed E-state index contributed by atoms with van der Waals surface area (Å²) >= 11 is 1.34. The van der Waals surface area contributed by atoms with Crippen LogP contribution in [0, 0.1) is 6.92 Å². The first-order valence-corrected chi connectivity index (χ1v) is 9.73. The van der Waals surface area contributed by atoms with Crippen molar-refractivity contribution in [3.8, 4) is 11.5 Å². The Kier molecular flexibility index (Phi) is 5.47. The van der Waals surface area contributed by atoms with E-state index in [9.17, 15) is 4.79 Å². The van der Waals surface area contributed by atoms with E-state index >= 15 is 0 Å². The first kappa shape index (κ1) is 18.0. The molecule has 0 spiro atoms. The molecule has 6 heteroatoms. The topological polar surface area (TPSA) is 59.2 Å². The van der Waals surface area contributed by atoms with Gasteiger partial charge in [-0.1, -0.05) is 29.5 Å². The minimum atomic E-state index is -0.241. The van der Waals surface area contributed by atoms with Gasteiger partial charge in [-0.15, -0.1) is 10.2 Å². The molecule has 0 aliphatic carbocycles. The summed E-state index contributed by atoms with van der Waals surface area (Å²) in [5.74, 6) is 0.640. The van der Waals surface area contributed by atoms with Crippen molar-refractivity contribution in [2.45, 2.75) is 69.5 Å². The minimum Gasteiger partial charge on any atom is -0.411 e. The molecule has 2 heterocycles. The number of hydrogen-bond acceptors (Lipinski definition) is 5. The van der Waals surface area contributed by atoms with Crippen LogP contribution in [0.5, 0.6) is 0 Å². The zero-order valence-electron chi connectivity index (χ0n) is 15.2. The number of piperidine rings is 1. The van der Waals surface area contributed by atoms with Crippen LogP contribution in [0.2, 0.25) is 0 Å². The number of nitrogens with zero attached hydrogens (tertiary/aromatic N) is 3. The second kappa shape index (κ2) is 7.60. The lowest BCUT2D eigenvalue weighted by molar-refractivity contribution is -0.136. The highest BCUT2D eigenvalue weighted by Crippen LogP contribution is 2.30. The van der Waals surface area contributed by atoms with Crippen LogP contribution in [0.3, 0.4) is 0 Å². The van der Waals surface area contributed by atoms with E-state index < -0.39 is 0 Å². The average Bonchev–Trinajstić information content (AvgIpc) is 3.03. The van der Waals surface area contributed by atoms with Crippen LogP contribution in [0.25, 0.3) is 11.5 Å². The zero-order valence-corrected chi connectivity index (χ0v) is 16.0. The third kappa shape index (κ3) is 4.06. The van der Waals surface area contributed by atoms with Crippen molar-refractivity contribution >= 4 is 17.7 Å². The first-order chi connectivity index (χ1) is 12.0. The molecule has 0 radical (unpaired) electrons. The fourth-order valence-corrected chi connectivity index (χ4v) is 4.08. The van der Waals surface area contributed by atoms with Crippen molar-refractivity contribution < 1.29 is 9.21 Å². The second-order valence-corrected chi connectivity index (χ2v) is 8.17. The van der Waals surface area contributed by atoms with Gasteiger partial charge in [-0.2, -0.15) is 0 Å². The summed E-state index contributed by atoms with van der Waals surface area (Å²) in [5, 5.41) is 8.40. The number of amides is 1. The Morgan fingerprint density at radius 1 is 1.20 bits per heavy atom. The molecular formula is C19H25N3O2S. The molecule has 1 saturated heterocycles. The number of rotatable bonds is 4. The predicted molar refractivity (Wildman–Crippen MR) is 99.4 cm³/mol. The van der Waals surface area contributed by atoms with Crippen molar-refractivity contribution in [1.29, 1.82) is 0 Å². The van der Waals surface area contributed by atoms with Crippen molar-refractivity contribution in [2.24, 2.45) is 0 Å². The van der Waals surface area contributed by atoms with Crippen LogP contribution in [-0.2, 0) is 4.79 Å². The van der Waals surface area contributed by atoms with Gasteiger partial charge in [0.25, 0.3) is 5.22 Å². The molecule has 3 rings (SSSR count). The van der Waals surface area contributed by atoms with Gasteiger partial charge in [0.1, 0.15) is 0 Å². The van der Waals surface area contributed by atoms with Crippen LogP contribution >= 0.6 is 11.8 Å². The number of likely N-dealkylation sites (tertiary alicyclic amines) is 1. The third-order valence-electron chi connectivity index (χ3n) is 4.78. The Labute approximate surface area is 153 Å². The number of benzene rings is 1. The Hall–Kier alpha value is -1.82. The lowest BCUT2D eigenvalue weighted by Gasteiger charge is -2.40. The van der Waals surface area contributed by atoms with Crippen molar-refractivity contribution in [3.63, 3.8) is 0 Å². The Morgan fingerprint density at radius 2 is 1.84 bits per heavy atom. The standard InChI is InChI=1S/C19H25N3O2S/c1-12-8-10-16(11-9-12)17-20-21-19(24-17)25-15(4)18(23)22-13(2)6-5-7-14(22)3/h8-11,13-15H,5-7H2,1-4H3/t13-,14-,15-/m0/s1. The molecule has 134 valence electrons. The minimum absolute atomic E-state index is 0.153. The third-order valence-corrected chi connectivity index (χ3v) is 5.70. The van der Waals surface area contributed by atoms with Crippen LogP contribution in [0.1, 0.15) is 45.6 Å². The van der Waals surface area contributed by atoms with E-state index in [2.05, 4.69) is 24.0 Å². The lowest BCUT2D eigenvalue weighted by Crippen LogP contribution is -2.50. The second-order valence-electron chi connectivity index (χ2n) is 6.87. The summed E-state index contributed by atoms with van der Waals surface area (Å²) in [6.45, 7) is 8.21. The maximum Gasteiger partial charge on any atom is 0.277 e. The Bertz CT molecular complexity index is 719. The normalized spacial score (nSPS) is 22.0. The van der Waals surface area contributed by atoms with Crippen LogP contribution in [-0.4, -0.2) is 38.3 Å². The Balaban J connectivity index is 1.67. The van der Waals surface area contributed by atoms with Crippen LogP contribution < -0.4 is 0 Å². The molecule has 2 aromatic rings. The average molecular weight is 359 g/mol. The van der Waals surface area contributed by atoms with Crippen LogP contribution in [0.4, 0.5) is 0 Å². The van der Waals surface area contributed by atoms with Gasteiger partial charge in [0.2, 0.25) is 11.8 Å². The predicted octanol–water partition coefficient (Wildman–Crippen LogP) is 4.32. The van der Waals surface area contributed by atoms with Crippen molar-refractivity contribution in [1.82, 2.24) is 15.1 Å². The molecule has 3 atom stereocenters. The highest BCUT2D eigenvalue weighted by Gasteiger charge is 2.32. The fraction of sp³-hybridized carbons (Fsp3) is 0.526. The molecule has 1 aromatic carbocycles. The summed E-state index contributed by atoms with van der Waals surface area (Å²) in [6, 6.07) is 8.54. The summed E-state index contributed by atoms with van der Waals surface area (Å²) in [7, 11) is 0. The maximum atomic E-state index is 12.9. The van der Waals surface area contributed by atoms with Gasteiger partial charge in [0.15, 0.2) is 0 Å². The molecule has 1 amide bonds. The number of hydrogen-bond donors (Lipinski definition) is 0. The highest BCUT2D eigenvalue weighted by molar-refractivity contribution is 8.00. The largest absolute Gasteiger partial charge is 0.411 e. The van der Waals surface area contributed by atoms with Gasteiger partial charge in [-0.05, 0) is 59.1 Å². The van der Waals surface area contributed by atoms with E-state index in [1.807, 2.05) is 43.0 Å². The molecule has 0 unspecified atom stereocenters. The van der Waals surface area contributed by atoms with E-state index in [0.717, 1.165) is 18.4 Å². The van der Waals surface area contributed by atoms with Crippen molar-refractivity contribution in [2.75, 3.05) is 0 Å². The monoisotopic (exact) mass is 359 g/mol. The smallest absolute Gasteiger partial charge is 0.277 e. The first-order valence-electron chi connectivity index (χ1n) is 8.85. The van der Waals surface area contributed by atoms with E-state index in [-0.39, 0.29) is 11.2 Å². The molecule has 1 aliphatic heterocycles.